The van der Waals surface area contributed by atoms with Gasteiger partial charge in [0.2, 0.25) is 0 Å². The zero-order chi connectivity index (χ0) is 18.5. The number of hydrogen-bond acceptors (Lipinski definition) is 5. The van der Waals surface area contributed by atoms with E-state index >= 15 is 0 Å². The molecule has 0 aliphatic carbocycles. The van der Waals surface area contributed by atoms with Gasteiger partial charge in [0.1, 0.15) is 24.2 Å². The Bertz CT molecular complexity index is 957. The topological polar surface area (TPSA) is 86.1 Å². The molecule has 3 aromatic rings. The van der Waals surface area contributed by atoms with E-state index in [-0.39, 0.29) is 18.1 Å². The van der Waals surface area contributed by atoms with Gasteiger partial charge in [-0.1, -0.05) is 36.4 Å². The summed E-state index contributed by atoms with van der Waals surface area (Å²) in [6.07, 6.45) is 0. The normalized spacial score (nSPS) is 10.3. The first-order valence-corrected chi connectivity index (χ1v) is 8.19. The summed E-state index contributed by atoms with van der Waals surface area (Å²) in [6, 6.07) is 17.6. The van der Waals surface area contributed by atoms with E-state index in [1.165, 1.54) is 0 Å². The fraction of sp³-hybridized carbons (Fsp3) is 0.200. The van der Waals surface area contributed by atoms with E-state index in [9.17, 15) is 5.26 Å². The molecule has 6 heteroatoms. The standard InChI is InChI=1S/C20H20N4O2/c1-14-6-3-4-8-16(14)12-24-19(22)18(11-21)20(23-24)26-13-15-7-5-9-17(10-15)25-2/h3-10H,12-13,22H2,1-2H3. The number of nitrogens with two attached hydrogens (primary N) is 1. The Morgan fingerprint density at radius 1 is 1.19 bits per heavy atom. The number of nitrogen functional groups attached to an aromatic ring is 1. The molecule has 1 aromatic heterocycles. The summed E-state index contributed by atoms with van der Waals surface area (Å²) in [4.78, 5) is 0. The third-order valence-electron chi connectivity index (χ3n) is 4.16. The Morgan fingerprint density at radius 2 is 2.00 bits per heavy atom. The quantitative estimate of drug-likeness (QED) is 0.739. The van der Waals surface area contributed by atoms with Crippen LogP contribution >= 0.6 is 0 Å². The van der Waals surface area contributed by atoms with Crippen LogP contribution in [0.25, 0.3) is 0 Å². The van der Waals surface area contributed by atoms with Gasteiger partial charge in [0.15, 0.2) is 5.56 Å². The Hall–Kier alpha value is -3.46. The maximum atomic E-state index is 9.43. The highest BCUT2D eigenvalue weighted by atomic mass is 16.5. The van der Waals surface area contributed by atoms with E-state index in [1.807, 2.05) is 55.5 Å². The van der Waals surface area contributed by atoms with Crippen LogP contribution in [0.1, 0.15) is 22.3 Å². The molecule has 26 heavy (non-hydrogen) atoms. The Kier molecular flexibility index (Phi) is 5.09. The molecule has 6 nitrogen and oxygen atoms in total. The van der Waals surface area contributed by atoms with Crippen molar-refractivity contribution in [3.63, 3.8) is 0 Å². The molecule has 0 atom stereocenters. The van der Waals surface area contributed by atoms with Crippen molar-refractivity contribution >= 4 is 5.82 Å². The van der Waals surface area contributed by atoms with Gasteiger partial charge >= 0.3 is 0 Å². The molecule has 3 rings (SSSR count). The van der Waals surface area contributed by atoms with E-state index in [0.717, 1.165) is 22.4 Å². The number of aromatic nitrogens is 2. The number of anilines is 1. The fourth-order valence-corrected chi connectivity index (χ4v) is 2.64. The molecule has 0 aliphatic heterocycles. The first kappa shape index (κ1) is 17.4. The van der Waals surface area contributed by atoms with E-state index < -0.39 is 0 Å². The van der Waals surface area contributed by atoms with Crippen molar-refractivity contribution in [1.29, 1.82) is 5.26 Å². The third kappa shape index (κ3) is 3.62. The monoisotopic (exact) mass is 348 g/mol. The van der Waals surface area contributed by atoms with Crippen molar-refractivity contribution in [2.75, 3.05) is 12.8 Å². The molecular weight excluding hydrogens is 328 g/mol. The Labute approximate surface area is 152 Å². The second kappa shape index (κ2) is 7.62. The van der Waals surface area contributed by atoms with Gasteiger partial charge < -0.3 is 15.2 Å². The number of nitrogens with zero attached hydrogens (tertiary/aromatic N) is 3. The van der Waals surface area contributed by atoms with Gasteiger partial charge in [-0.3, -0.25) is 0 Å². The first-order valence-electron chi connectivity index (χ1n) is 8.19. The van der Waals surface area contributed by atoms with Crippen LogP contribution in [0, 0.1) is 18.3 Å². The lowest BCUT2D eigenvalue weighted by molar-refractivity contribution is 0.288. The Morgan fingerprint density at radius 3 is 2.73 bits per heavy atom. The van der Waals surface area contributed by atoms with Crippen LogP contribution in [0.2, 0.25) is 0 Å². The summed E-state index contributed by atoms with van der Waals surface area (Å²) in [6.45, 7) is 2.78. The molecule has 0 radical (unpaired) electrons. The lowest BCUT2D eigenvalue weighted by Gasteiger charge is -2.07. The minimum absolute atomic E-state index is 0.237. The van der Waals surface area contributed by atoms with Crippen LogP contribution in [-0.4, -0.2) is 16.9 Å². The summed E-state index contributed by atoms with van der Waals surface area (Å²) in [7, 11) is 1.61. The van der Waals surface area contributed by atoms with E-state index in [0.29, 0.717) is 12.4 Å². The molecule has 2 N–H and O–H groups in total. The van der Waals surface area contributed by atoms with Crippen molar-refractivity contribution in [2.45, 2.75) is 20.1 Å². The smallest absolute Gasteiger partial charge is 0.253 e. The summed E-state index contributed by atoms with van der Waals surface area (Å²) in [5, 5.41) is 13.8. The van der Waals surface area contributed by atoms with E-state index in [2.05, 4.69) is 11.2 Å². The molecule has 0 spiro atoms. The summed E-state index contributed by atoms with van der Waals surface area (Å²) >= 11 is 0. The van der Waals surface area contributed by atoms with E-state index in [4.69, 9.17) is 15.2 Å². The number of nitriles is 1. The van der Waals surface area contributed by atoms with Gasteiger partial charge in [-0.05, 0) is 35.7 Å². The highest BCUT2D eigenvalue weighted by Crippen LogP contribution is 2.25. The molecule has 0 amide bonds. The largest absolute Gasteiger partial charge is 0.497 e. The van der Waals surface area contributed by atoms with Crippen LogP contribution in [0.4, 0.5) is 5.82 Å². The van der Waals surface area contributed by atoms with Crippen LogP contribution in [-0.2, 0) is 13.2 Å². The maximum Gasteiger partial charge on any atom is 0.253 e. The number of ether oxygens (including phenoxy) is 2. The number of methoxy groups -OCH3 is 1. The second-order valence-corrected chi connectivity index (χ2v) is 5.90. The average Bonchev–Trinajstić information content (AvgIpc) is 2.96. The van der Waals surface area contributed by atoms with Crippen LogP contribution in [0.5, 0.6) is 11.6 Å². The molecule has 0 aliphatic rings. The molecule has 2 aromatic carbocycles. The number of benzene rings is 2. The minimum Gasteiger partial charge on any atom is -0.497 e. The predicted molar refractivity (Wildman–Crippen MR) is 99.0 cm³/mol. The van der Waals surface area contributed by atoms with Crippen LogP contribution < -0.4 is 15.2 Å². The number of aryl methyl sites for hydroxylation is 1. The first-order chi connectivity index (χ1) is 12.6. The molecule has 0 saturated carbocycles. The van der Waals surface area contributed by atoms with Gasteiger partial charge in [-0.15, -0.1) is 5.10 Å². The predicted octanol–water partition coefficient (Wildman–Crippen LogP) is 3.28. The lowest BCUT2D eigenvalue weighted by Crippen LogP contribution is -2.07. The summed E-state index contributed by atoms with van der Waals surface area (Å²) < 4.78 is 12.6. The highest BCUT2D eigenvalue weighted by Gasteiger charge is 2.17. The molecule has 0 unspecified atom stereocenters. The summed E-state index contributed by atoms with van der Waals surface area (Å²) in [5.74, 6) is 1.29. The van der Waals surface area contributed by atoms with Gasteiger partial charge in [0, 0.05) is 0 Å². The number of rotatable bonds is 6. The molecule has 0 fully saturated rings. The molecule has 0 saturated heterocycles. The minimum atomic E-state index is 0.237. The third-order valence-corrected chi connectivity index (χ3v) is 4.16. The SMILES string of the molecule is COc1cccc(COc2nn(Cc3ccccc3C)c(N)c2C#N)c1. The van der Waals surface area contributed by atoms with Gasteiger partial charge in [-0.2, -0.15) is 5.26 Å². The zero-order valence-electron chi connectivity index (χ0n) is 14.8. The molecular formula is C20H20N4O2. The van der Waals surface area contributed by atoms with Crippen molar-refractivity contribution in [1.82, 2.24) is 9.78 Å². The van der Waals surface area contributed by atoms with Crippen molar-refractivity contribution in [3.8, 4) is 17.7 Å². The van der Waals surface area contributed by atoms with Crippen LogP contribution in [0.15, 0.2) is 48.5 Å². The fourth-order valence-electron chi connectivity index (χ4n) is 2.64. The average molecular weight is 348 g/mol. The van der Waals surface area contributed by atoms with Crippen molar-refractivity contribution in [3.05, 3.63) is 70.8 Å². The van der Waals surface area contributed by atoms with Gasteiger partial charge in [0.05, 0.1) is 13.7 Å². The Balaban J connectivity index is 1.81. The summed E-state index contributed by atoms with van der Waals surface area (Å²) in [5.41, 5.74) is 9.50. The lowest BCUT2D eigenvalue weighted by atomic mass is 10.1. The molecule has 1 heterocycles. The van der Waals surface area contributed by atoms with Gasteiger partial charge in [0.25, 0.3) is 5.88 Å². The van der Waals surface area contributed by atoms with Gasteiger partial charge in [-0.25, -0.2) is 4.68 Å². The maximum absolute atomic E-state index is 9.43. The van der Waals surface area contributed by atoms with Crippen LogP contribution in [0.3, 0.4) is 0 Å². The van der Waals surface area contributed by atoms with Crippen molar-refractivity contribution < 1.29 is 9.47 Å². The number of hydrogen-bond donors (Lipinski definition) is 1. The highest BCUT2D eigenvalue weighted by molar-refractivity contribution is 5.55. The van der Waals surface area contributed by atoms with Crippen molar-refractivity contribution in [2.24, 2.45) is 0 Å². The molecule has 0 bridgehead atoms. The second-order valence-electron chi connectivity index (χ2n) is 5.90. The molecule has 132 valence electrons. The van der Waals surface area contributed by atoms with E-state index in [1.54, 1.807) is 11.8 Å². The zero-order valence-corrected chi connectivity index (χ0v) is 14.8.